The van der Waals surface area contributed by atoms with Crippen LogP contribution in [-0.4, -0.2) is 24.9 Å². The zero-order valence-electron chi connectivity index (χ0n) is 6.96. The van der Waals surface area contributed by atoms with Crippen molar-refractivity contribution in [1.82, 2.24) is 0 Å². The Balaban J connectivity index is 2.54. The van der Waals surface area contributed by atoms with Crippen LogP contribution in [0.2, 0.25) is 0 Å². The van der Waals surface area contributed by atoms with Gasteiger partial charge in [-0.2, -0.15) is 5.26 Å². The van der Waals surface area contributed by atoms with Gasteiger partial charge in [0, 0.05) is 6.42 Å². The van der Waals surface area contributed by atoms with Gasteiger partial charge in [0.15, 0.2) is 5.60 Å². The van der Waals surface area contributed by atoms with E-state index in [4.69, 9.17) is 14.7 Å². The molecule has 0 aromatic heterocycles. The van der Waals surface area contributed by atoms with E-state index in [1.54, 1.807) is 0 Å². The maximum Gasteiger partial charge on any atom is 0.179 e. The standard InChI is InChI=1S/C8H13NO2/c1-7(2)11-8(5-9)3-4-10-6-8/h7H,3-4,6H2,1-2H3. The van der Waals surface area contributed by atoms with Gasteiger partial charge in [-0.15, -0.1) is 0 Å². The predicted octanol–water partition coefficient (Wildman–Crippen LogP) is 1.09. The van der Waals surface area contributed by atoms with Crippen molar-refractivity contribution in [2.45, 2.75) is 32.0 Å². The minimum absolute atomic E-state index is 0.0938. The molecule has 1 heterocycles. The highest BCUT2D eigenvalue weighted by molar-refractivity contribution is 5.04. The molecule has 1 fully saturated rings. The lowest BCUT2D eigenvalue weighted by Gasteiger charge is -2.21. The van der Waals surface area contributed by atoms with Crippen molar-refractivity contribution in [1.29, 1.82) is 5.26 Å². The molecular weight excluding hydrogens is 142 g/mol. The highest BCUT2D eigenvalue weighted by atomic mass is 16.6. The quantitative estimate of drug-likeness (QED) is 0.599. The number of ether oxygens (including phenoxy) is 2. The summed E-state index contributed by atoms with van der Waals surface area (Å²) in [6, 6.07) is 2.16. The molecule has 0 bridgehead atoms. The summed E-state index contributed by atoms with van der Waals surface area (Å²) in [7, 11) is 0. The molecule has 0 saturated carbocycles. The van der Waals surface area contributed by atoms with E-state index in [9.17, 15) is 0 Å². The Bertz CT molecular complexity index is 165. The minimum atomic E-state index is -0.659. The van der Waals surface area contributed by atoms with Crippen LogP contribution in [0.1, 0.15) is 20.3 Å². The van der Waals surface area contributed by atoms with Crippen LogP contribution in [0.15, 0.2) is 0 Å². The lowest BCUT2D eigenvalue weighted by molar-refractivity contribution is -0.0446. The van der Waals surface area contributed by atoms with E-state index < -0.39 is 5.60 Å². The Labute approximate surface area is 66.9 Å². The number of hydrogen-bond donors (Lipinski definition) is 0. The van der Waals surface area contributed by atoms with Gasteiger partial charge in [-0.1, -0.05) is 0 Å². The molecule has 1 unspecified atom stereocenters. The molecule has 0 radical (unpaired) electrons. The lowest BCUT2D eigenvalue weighted by atomic mass is 10.1. The molecule has 3 heteroatoms. The third-order valence-electron chi connectivity index (χ3n) is 1.65. The second-order valence-electron chi connectivity index (χ2n) is 3.08. The van der Waals surface area contributed by atoms with E-state index >= 15 is 0 Å². The van der Waals surface area contributed by atoms with Gasteiger partial charge in [0.2, 0.25) is 0 Å². The van der Waals surface area contributed by atoms with E-state index in [0.29, 0.717) is 19.6 Å². The summed E-state index contributed by atoms with van der Waals surface area (Å²) in [5.74, 6) is 0. The van der Waals surface area contributed by atoms with Crippen LogP contribution >= 0.6 is 0 Å². The number of nitrogens with zero attached hydrogens (tertiary/aromatic N) is 1. The molecule has 0 aromatic rings. The van der Waals surface area contributed by atoms with E-state index in [1.807, 2.05) is 13.8 Å². The van der Waals surface area contributed by atoms with Crippen molar-refractivity contribution >= 4 is 0 Å². The molecule has 0 N–H and O–H groups in total. The first-order valence-corrected chi connectivity index (χ1v) is 3.85. The average molecular weight is 155 g/mol. The number of nitriles is 1. The van der Waals surface area contributed by atoms with Gasteiger partial charge in [0.25, 0.3) is 0 Å². The Morgan fingerprint density at radius 1 is 1.64 bits per heavy atom. The van der Waals surface area contributed by atoms with Crippen LogP contribution in [0.4, 0.5) is 0 Å². The summed E-state index contributed by atoms with van der Waals surface area (Å²) < 4.78 is 10.6. The zero-order valence-corrected chi connectivity index (χ0v) is 6.96. The smallest absolute Gasteiger partial charge is 0.179 e. The number of hydrogen-bond acceptors (Lipinski definition) is 3. The minimum Gasteiger partial charge on any atom is -0.377 e. The number of rotatable bonds is 2. The van der Waals surface area contributed by atoms with Crippen molar-refractivity contribution in [3.05, 3.63) is 0 Å². The second kappa shape index (κ2) is 3.21. The van der Waals surface area contributed by atoms with E-state index in [-0.39, 0.29) is 6.10 Å². The fourth-order valence-electron chi connectivity index (χ4n) is 1.20. The molecule has 1 saturated heterocycles. The van der Waals surface area contributed by atoms with E-state index in [2.05, 4.69) is 6.07 Å². The topological polar surface area (TPSA) is 42.2 Å². The van der Waals surface area contributed by atoms with Gasteiger partial charge in [0.1, 0.15) is 6.07 Å². The van der Waals surface area contributed by atoms with E-state index in [0.717, 1.165) is 0 Å². The van der Waals surface area contributed by atoms with Crippen LogP contribution in [0.5, 0.6) is 0 Å². The first-order valence-electron chi connectivity index (χ1n) is 3.85. The average Bonchev–Trinajstić information content (AvgIpc) is 2.36. The maximum absolute atomic E-state index is 8.81. The van der Waals surface area contributed by atoms with Gasteiger partial charge < -0.3 is 9.47 Å². The highest BCUT2D eigenvalue weighted by Gasteiger charge is 2.36. The lowest BCUT2D eigenvalue weighted by Crippen LogP contribution is -2.33. The van der Waals surface area contributed by atoms with Crippen molar-refractivity contribution in [2.75, 3.05) is 13.2 Å². The maximum atomic E-state index is 8.81. The Morgan fingerprint density at radius 2 is 2.36 bits per heavy atom. The van der Waals surface area contributed by atoms with Crippen molar-refractivity contribution in [2.24, 2.45) is 0 Å². The summed E-state index contributed by atoms with van der Waals surface area (Å²) in [4.78, 5) is 0. The Morgan fingerprint density at radius 3 is 2.73 bits per heavy atom. The summed E-state index contributed by atoms with van der Waals surface area (Å²) in [5, 5.41) is 8.81. The van der Waals surface area contributed by atoms with Crippen LogP contribution in [-0.2, 0) is 9.47 Å². The molecule has 1 aliphatic heterocycles. The van der Waals surface area contributed by atoms with Gasteiger partial charge in [-0.3, -0.25) is 0 Å². The zero-order chi connectivity index (χ0) is 8.32. The fraction of sp³-hybridized carbons (Fsp3) is 0.875. The summed E-state index contributed by atoms with van der Waals surface area (Å²) in [6.45, 7) is 4.91. The summed E-state index contributed by atoms with van der Waals surface area (Å²) in [5.41, 5.74) is -0.659. The van der Waals surface area contributed by atoms with Gasteiger partial charge in [0.05, 0.1) is 19.3 Å². The fourth-order valence-corrected chi connectivity index (χ4v) is 1.20. The molecule has 62 valence electrons. The van der Waals surface area contributed by atoms with Crippen LogP contribution < -0.4 is 0 Å². The van der Waals surface area contributed by atoms with Gasteiger partial charge >= 0.3 is 0 Å². The van der Waals surface area contributed by atoms with Gasteiger partial charge in [-0.25, -0.2) is 0 Å². The molecule has 0 amide bonds. The molecule has 0 aliphatic carbocycles. The molecular formula is C8H13NO2. The first kappa shape index (κ1) is 8.51. The normalized spacial score (nSPS) is 30.7. The van der Waals surface area contributed by atoms with E-state index in [1.165, 1.54) is 0 Å². The van der Waals surface area contributed by atoms with Crippen molar-refractivity contribution < 1.29 is 9.47 Å². The summed E-state index contributed by atoms with van der Waals surface area (Å²) in [6.07, 6.45) is 0.790. The highest BCUT2D eigenvalue weighted by Crippen LogP contribution is 2.23. The SMILES string of the molecule is CC(C)OC1(C#N)CCOC1. The molecule has 3 nitrogen and oxygen atoms in total. The molecule has 0 aromatic carbocycles. The Kier molecular flexibility index (Phi) is 2.48. The first-order chi connectivity index (χ1) is 5.18. The molecule has 1 aliphatic rings. The molecule has 11 heavy (non-hydrogen) atoms. The predicted molar refractivity (Wildman–Crippen MR) is 40.0 cm³/mol. The Hall–Kier alpha value is -0.590. The third-order valence-corrected chi connectivity index (χ3v) is 1.65. The van der Waals surface area contributed by atoms with Crippen LogP contribution in [0.3, 0.4) is 0 Å². The molecule has 1 rings (SSSR count). The van der Waals surface area contributed by atoms with Crippen LogP contribution in [0, 0.1) is 11.3 Å². The molecule has 0 spiro atoms. The van der Waals surface area contributed by atoms with Crippen LogP contribution in [0.25, 0.3) is 0 Å². The molecule has 1 atom stereocenters. The largest absolute Gasteiger partial charge is 0.377 e. The van der Waals surface area contributed by atoms with Crippen molar-refractivity contribution in [3.63, 3.8) is 0 Å². The monoisotopic (exact) mass is 155 g/mol. The van der Waals surface area contributed by atoms with Gasteiger partial charge in [-0.05, 0) is 13.8 Å². The third kappa shape index (κ3) is 1.92. The summed E-state index contributed by atoms with van der Waals surface area (Å²) >= 11 is 0. The second-order valence-corrected chi connectivity index (χ2v) is 3.08. The van der Waals surface area contributed by atoms with Crippen molar-refractivity contribution in [3.8, 4) is 6.07 Å².